The Bertz CT molecular complexity index is 1120. The fraction of sp³-hybridized carbons (Fsp3) is 0.667. The molecular formula is C30H41NO3. The van der Waals surface area contributed by atoms with Gasteiger partial charge in [-0.15, -0.1) is 0 Å². The predicted molar refractivity (Wildman–Crippen MR) is 135 cm³/mol. The molecule has 0 aromatic carbocycles. The lowest BCUT2D eigenvalue weighted by Gasteiger charge is -2.68. The second kappa shape index (κ2) is 6.98. The third-order valence-electron chi connectivity index (χ3n) is 11.8. The van der Waals surface area contributed by atoms with E-state index >= 15 is 0 Å². The van der Waals surface area contributed by atoms with Crippen LogP contribution in [0.3, 0.4) is 0 Å². The number of fused-ring (bicyclic) bond motifs is 7. The van der Waals surface area contributed by atoms with Crippen molar-refractivity contribution in [1.82, 2.24) is 0 Å². The summed E-state index contributed by atoms with van der Waals surface area (Å²) in [5, 5.41) is 10.3. The first kappa shape index (κ1) is 23.6. The van der Waals surface area contributed by atoms with Gasteiger partial charge in [0.15, 0.2) is 5.76 Å². The molecule has 3 N–H and O–H groups in total. The second-order valence-electron chi connectivity index (χ2n) is 13.3. The van der Waals surface area contributed by atoms with E-state index in [9.17, 15) is 14.7 Å². The molecule has 0 saturated heterocycles. The maximum atomic E-state index is 12.6. The summed E-state index contributed by atoms with van der Waals surface area (Å²) < 4.78 is 0. The smallest absolute Gasteiger partial charge is 0.223 e. The van der Waals surface area contributed by atoms with Crippen molar-refractivity contribution in [1.29, 1.82) is 0 Å². The number of carbonyl (C=O) groups excluding carboxylic acids is 2. The number of carbonyl (C=O) groups is 2. The van der Waals surface area contributed by atoms with Crippen LogP contribution >= 0.6 is 0 Å². The van der Waals surface area contributed by atoms with Gasteiger partial charge >= 0.3 is 0 Å². The molecule has 3 fully saturated rings. The van der Waals surface area contributed by atoms with Crippen molar-refractivity contribution < 1.29 is 14.7 Å². The first-order chi connectivity index (χ1) is 15.7. The van der Waals surface area contributed by atoms with E-state index in [1.165, 1.54) is 5.57 Å². The number of nitrogens with two attached hydrogens (primary N) is 1. The summed E-state index contributed by atoms with van der Waals surface area (Å²) in [4.78, 5) is 25.0. The Kier molecular flexibility index (Phi) is 4.85. The van der Waals surface area contributed by atoms with Crippen LogP contribution in [0.2, 0.25) is 0 Å². The average Bonchev–Trinajstić information content (AvgIpc) is 2.92. The Labute approximate surface area is 204 Å². The van der Waals surface area contributed by atoms with E-state index in [-0.39, 0.29) is 39.1 Å². The summed E-state index contributed by atoms with van der Waals surface area (Å²) in [5.41, 5.74) is 9.88. The molecule has 0 aromatic rings. The number of primary amides is 1. The van der Waals surface area contributed by atoms with E-state index < -0.39 is 5.41 Å². The average molecular weight is 464 g/mol. The molecule has 0 radical (unpaired) electrons. The maximum absolute atomic E-state index is 12.6. The molecule has 0 aliphatic heterocycles. The van der Waals surface area contributed by atoms with Gasteiger partial charge in [0, 0.05) is 16.4 Å². The highest BCUT2D eigenvalue weighted by atomic mass is 16.3. The van der Waals surface area contributed by atoms with Crippen molar-refractivity contribution >= 4 is 11.7 Å². The highest BCUT2D eigenvalue weighted by Crippen LogP contribution is 2.74. The molecule has 6 atom stereocenters. The van der Waals surface area contributed by atoms with Gasteiger partial charge in [-0.05, 0) is 97.7 Å². The van der Waals surface area contributed by atoms with Crippen LogP contribution in [0, 0.1) is 33.0 Å². The van der Waals surface area contributed by atoms with Crippen molar-refractivity contribution in [2.45, 2.75) is 92.9 Å². The molecule has 5 aliphatic rings. The monoisotopic (exact) mass is 463 g/mol. The van der Waals surface area contributed by atoms with Gasteiger partial charge in [0.1, 0.15) is 0 Å². The van der Waals surface area contributed by atoms with Crippen LogP contribution in [0.1, 0.15) is 92.9 Å². The molecule has 0 unspecified atom stereocenters. The van der Waals surface area contributed by atoms with Crippen molar-refractivity contribution in [3.05, 3.63) is 46.3 Å². The summed E-state index contributed by atoms with van der Waals surface area (Å²) in [6, 6.07) is 0. The van der Waals surface area contributed by atoms with Crippen molar-refractivity contribution in [2.24, 2.45) is 38.7 Å². The minimum absolute atomic E-state index is 0.0146. The second-order valence-corrected chi connectivity index (χ2v) is 13.3. The van der Waals surface area contributed by atoms with E-state index in [0.29, 0.717) is 11.5 Å². The lowest BCUT2D eigenvalue weighted by atomic mass is 9.36. The standard InChI is InChI=1S/C30H41NO3/c1-18-19-7-8-23-28(4,20(19)17-21(32)24(18)33)14-16-29(5)22-9-10-27(3,25(31)34)12-11-26(22,2)13-15-30(23,29)6/h7-8,17,22,33H,9-16H2,1-6H3,(H2,31,34)/t22-,26+,27-,28-,29-,30+/m0/s1. The van der Waals surface area contributed by atoms with Crippen LogP contribution in [-0.2, 0) is 9.59 Å². The third-order valence-corrected chi connectivity index (χ3v) is 11.8. The van der Waals surface area contributed by atoms with E-state index in [2.05, 4.69) is 46.8 Å². The van der Waals surface area contributed by atoms with E-state index in [1.807, 2.05) is 6.92 Å². The first-order valence-corrected chi connectivity index (χ1v) is 13.1. The molecule has 0 spiro atoms. The SMILES string of the molecule is CC1=C(O)C(=O)C=C2C1=CC=C1[C@@]2(C)CC[C@@]2(C)[C@H]3CC[C@](C)(C(N)=O)CC[C@]3(C)CC[C@]12C. The Morgan fingerprint density at radius 2 is 1.65 bits per heavy atom. The molecule has 0 bridgehead atoms. The van der Waals surface area contributed by atoms with Gasteiger partial charge in [0.2, 0.25) is 11.7 Å². The summed E-state index contributed by atoms with van der Waals surface area (Å²) >= 11 is 0. The molecule has 1 amide bonds. The molecule has 5 rings (SSSR count). The summed E-state index contributed by atoms with van der Waals surface area (Å²) in [6.45, 7) is 13.7. The zero-order valence-electron chi connectivity index (χ0n) is 21.8. The minimum atomic E-state index is -0.406. The fourth-order valence-electron chi connectivity index (χ4n) is 8.93. The van der Waals surface area contributed by atoms with Crippen molar-refractivity contribution in [3.63, 3.8) is 0 Å². The number of hydrogen-bond acceptors (Lipinski definition) is 3. The van der Waals surface area contributed by atoms with Gasteiger partial charge < -0.3 is 10.8 Å². The number of hydrogen-bond donors (Lipinski definition) is 2. The molecule has 5 aliphatic carbocycles. The first-order valence-electron chi connectivity index (χ1n) is 13.1. The van der Waals surface area contributed by atoms with Crippen LogP contribution in [0.4, 0.5) is 0 Å². The van der Waals surface area contributed by atoms with Gasteiger partial charge in [-0.1, -0.05) is 52.3 Å². The molecular weight excluding hydrogens is 422 g/mol. The number of aliphatic hydroxyl groups is 1. The lowest BCUT2D eigenvalue weighted by molar-refractivity contribution is -0.128. The maximum Gasteiger partial charge on any atom is 0.223 e. The van der Waals surface area contributed by atoms with Crippen LogP contribution < -0.4 is 5.73 Å². The predicted octanol–water partition coefficient (Wildman–Crippen LogP) is 6.49. The van der Waals surface area contributed by atoms with Gasteiger partial charge in [-0.3, -0.25) is 9.59 Å². The van der Waals surface area contributed by atoms with Gasteiger partial charge in [-0.2, -0.15) is 0 Å². The fourth-order valence-corrected chi connectivity index (χ4v) is 8.93. The lowest BCUT2D eigenvalue weighted by Crippen LogP contribution is -2.59. The Hall–Kier alpha value is -2.10. The number of aliphatic hydroxyl groups excluding tert-OH is 1. The van der Waals surface area contributed by atoms with Crippen LogP contribution in [0.25, 0.3) is 0 Å². The van der Waals surface area contributed by atoms with Crippen LogP contribution in [0.15, 0.2) is 46.3 Å². The largest absolute Gasteiger partial charge is 0.504 e. The quantitative estimate of drug-likeness (QED) is 0.466. The summed E-state index contributed by atoms with van der Waals surface area (Å²) in [7, 11) is 0. The van der Waals surface area contributed by atoms with Crippen LogP contribution in [0.5, 0.6) is 0 Å². The van der Waals surface area contributed by atoms with Gasteiger partial charge in [0.05, 0.1) is 0 Å². The van der Waals surface area contributed by atoms with E-state index in [4.69, 9.17) is 5.73 Å². The molecule has 0 heterocycles. The van der Waals surface area contributed by atoms with Crippen molar-refractivity contribution in [2.75, 3.05) is 0 Å². The van der Waals surface area contributed by atoms with Gasteiger partial charge in [0.25, 0.3) is 0 Å². The summed E-state index contributed by atoms with van der Waals surface area (Å²) in [6.07, 6.45) is 14.4. The number of ketones is 1. The Morgan fingerprint density at radius 1 is 0.971 bits per heavy atom. The van der Waals surface area contributed by atoms with Gasteiger partial charge in [-0.25, -0.2) is 0 Å². The zero-order valence-corrected chi connectivity index (χ0v) is 21.8. The molecule has 184 valence electrons. The molecule has 3 saturated carbocycles. The normalized spacial score (nSPS) is 46.1. The Balaban J connectivity index is 1.61. The van der Waals surface area contributed by atoms with Crippen molar-refractivity contribution in [3.8, 4) is 0 Å². The number of amides is 1. The summed E-state index contributed by atoms with van der Waals surface area (Å²) in [5.74, 6) is -0.00134. The molecule has 0 aromatic heterocycles. The Morgan fingerprint density at radius 3 is 2.32 bits per heavy atom. The highest BCUT2D eigenvalue weighted by molar-refractivity contribution is 6.06. The van der Waals surface area contributed by atoms with E-state index in [0.717, 1.165) is 62.5 Å². The molecule has 34 heavy (non-hydrogen) atoms. The number of rotatable bonds is 1. The highest BCUT2D eigenvalue weighted by Gasteiger charge is 2.65. The topological polar surface area (TPSA) is 80.4 Å². The van der Waals surface area contributed by atoms with E-state index in [1.54, 1.807) is 6.08 Å². The molecule has 4 nitrogen and oxygen atoms in total. The third kappa shape index (κ3) is 2.77. The van der Waals surface area contributed by atoms with Crippen LogP contribution in [-0.4, -0.2) is 16.8 Å². The number of allylic oxidation sites excluding steroid dienone is 7. The minimum Gasteiger partial charge on any atom is -0.504 e. The zero-order chi connectivity index (χ0) is 24.9. The molecule has 4 heteroatoms.